The molecule has 2 atom stereocenters. The van der Waals surface area contributed by atoms with E-state index in [4.69, 9.17) is 14.2 Å². The third-order valence-corrected chi connectivity index (χ3v) is 8.42. The van der Waals surface area contributed by atoms with E-state index in [0.717, 1.165) is 77.0 Å². The molecule has 0 heterocycles. The molecule has 0 saturated carbocycles. The number of rotatable bonds is 35. The highest BCUT2D eigenvalue weighted by Gasteiger charge is 2.31. The van der Waals surface area contributed by atoms with E-state index in [-0.39, 0.29) is 49.1 Å². The fourth-order valence-corrected chi connectivity index (χ4v) is 5.23. The van der Waals surface area contributed by atoms with E-state index in [1.807, 2.05) is 21.1 Å². The number of hydrogen-bond donors (Lipinski definition) is 1. The second-order valence-corrected chi connectivity index (χ2v) is 14.5. The quantitative estimate of drug-likeness (QED) is 0.0296. The summed E-state index contributed by atoms with van der Waals surface area (Å²) in [6.07, 6.45) is 51.5. The number of hydrogen-bond acceptors (Lipinski definition) is 6. The molecule has 0 fully saturated rings. The van der Waals surface area contributed by atoms with Crippen LogP contribution in [0.2, 0.25) is 0 Å². The number of likely N-dealkylation sites (N-methyl/N-ethyl adjacent to an activating group) is 1. The minimum atomic E-state index is -0.895. The summed E-state index contributed by atoms with van der Waals surface area (Å²) < 4.78 is 17.1. The molecular formula is C48H76NO7+. The molecule has 0 aromatic rings. The van der Waals surface area contributed by atoms with Crippen LogP contribution in [-0.4, -0.2) is 80.6 Å². The number of aliphatic carboxylic acids is 1. The van der Waals surface area contributed by atoms with Gasteiger partial charge in [-0.25, -0.2) is 4.79 Å². The Morgan fingerprint density at radius 2 is 0.946 bits per heavy atom. The second kappa shape index (κ2) is 37.9. The molecule has 314 valence electrons. The zero-order valence-corrected chi connectivity index (χ0v) is 35.5. The van der Waals surface area contributed by atoms with Crippen molar-refractivity contribution in [3.05, 3.63) is 109 Å². The summed E-state index contributed by atoms with van der Waals surface area (Å²) in [7, 11) is 5.47. The van der Waals surface area contributed by atoms with Crippen molar-refractivity contribution in [2.24, 2.45) is 0 Å². The molecule has 0 amide bonds. The Bertz CT molecular complexity index is 1280. The lowest BCUT2D eigenvalue weighted by Crippen LogP contribution is -2.50. The van der Waals surface area contributed by atoms with Gasteiger partial charge in [-0.1, -0.05) is 123 Å². The third kappa shape index (κ3) is 35.7. The van der Waals surface area contributed by atoms with Crippen LogP contribution in [0.5, 0.6) is 0 Å². The summed E-state index contributed by atoms with van der Waals surface area (Å²) in [5.74, 6) is -1.62. The Morgan fingerprint density at radius 3 is 1.38 bits per heavy atom. The summed E-state index contributed by atoms with van der Waals surface area (Å²) in [6, 6.07) is -0.636. The second-order valence-electron chi connectivity index (χ2n) is 14.5. The number of carbonyl (C=O) groups excluding carboxylic acids is 2. The van der Waals surface area contributed by atoms with Crippen LogP contribution in [0.25, 0.3) is 0 Å². The SMILES string of the molecule is CC/C=C/C/C=C/C/C=C/C/C=C/C/C=C/C/C=C/CCCCC(=O)OCC(COCCC(C(=O)O)[N+](C)(C)C)OC(=O)CCC/C=C/C/C=C/C/C=C/CC. The highest BCUT2D eigenvalue weighted by molar-refractivity contribution is 5.72. The van der Waals surface area contributed by atoms with E-state index in [2.05, 4.69) is 123 Å². The molecule has 8 heteroatoms. The van der Waals surface area contributed by atoms with Gasteiger partial charge in [-0.15, -0.1) is 0 Å². The van der Waals surface area contributed by atoms with Crippen LogP contribution < -0.4 is 0 Å². The highest BCUT2D eigenvalue weighted by atomic mass is 16.6. The molecule has 0 saturated heterocycles. The van der Waals surface area contributed by atoms with Gasteiger partial charge in [0.25, 0.3) is 0 Å². The number of nitrogens with zero attached hydrogens (tertiary/aromatic N) is 1. The Balaban J connectivity index is 4.48. The Labute approximate surface area is 340 Å². The van der Waals surface area contributed by atoms with Crippen molar-refractivity contribution < 1.29 is 38.2 Å². The molecule has 0 aliphatic carbocycles. The predicted molar refractivity (Wildman–Crippen MR) is 233 cm³/mol. The van der Waals surface area contributed by atoms with Crippen LogP contribution in [0.3, 0.4) is 0 Å². The molecule has 0 aromatic carbocycles. The molecule has 8 nitrogen and oxygen atoms in total. The fourth-order valence-electron chi connectivity index (χ4n) is 5.23. The van der Waals surface area contributed by atoms with E-state index < -0.39 is 18.1 Å². The van der Waals surface area contributed by atoms with Crippen molar-refractivity contribution >= 4 is 17.9 Å². The number of carboxylic acid groups (broad SMARTS) is 1. The van der Waals surface area contributed by atoms with Crippen LogP contribution in [-0.2, 0) is 28.6 Å². The number of carboxylic acids is 1. The van der Waals surface area contributed by atoms with Gasteiger partial charge in [0.1, 0.15) is 6.61 Å². The number of quaternary nitrogens is 1. The molecule has 0 bridgehead atoms. The lowest BCUT2D eigenvalue weighted by atomic mass is 10.1. The molecule has 0 rings (SSSR count). The molecule has 0 aromatic heterocycles. The van der Waals surface area contributed by atoms with Gasteiger partial charge in [0.15, 0.2) is 12.1 Å². The summed E-state index contributed by atoms with van der Waals surface area (Å²) in [6.45, 7) is 4.36. The molecule has 56 heavy (non-hydrogen) atoms. The van der Waals surface area contributed by atoms with E-state index in [1.54, 1.807) is 0 Å². The van der Waals surface area contributed by atoms with Crippen molar-refractivity contribution in [2.45, 2.75) is 135 Å². The maximum Gasteiger partial charge on any atom is 0.362 e. The largest absolute Gasteiger partial charge is 0.477 e. The van der Waals surface area contributed by atoms with E-state index in [9.17, 15) is 19.5 Å². The molecule has 1 N–H and O–H groups in total. The van der Waals surface area contributed by atoms with Crippen LogP contribution in [0.1, 0.15) is 123 Å². The summed E-state index contributed by atoms with van der Waals surface area (Å²) in [4.78, 5) is 36.8. The first-order chi connectivity index (χ1) is 27.1. The first-order valence-corrected chi connectivity index (χ1v) is 20.9. The zero-order valence-electron chi connectivity index (χ0n) is 35.5. The summed E-state index contributed by atoms with van der Waals surface area (Å²) in [5.41, 5.74) is 0. The number of carbonyl (C=O) groups is 3. The minimum absolute atomic E-state index is 0.0187. The van der Waals surface area contributed by atoms with Gasteiger partial charge < -0.3 is 23.8 Å². The standard InChI is InChI=1S/C48H75NO7/c1-6-8-10-12-14-16-18-19-20-21-22-23-24-25-26-27-29-30-32-34-36-38-46(50)55-43-44(42-54-41-40-45(48(52)53)49(3,4)5)56-47(51)39-37-35-33-31-28-17-15-13-11-9-7-2/h8-11,14-17,19-20,22-23,25-26,29-31,33,44-45H,6-7,12-13,18,21,24,27-28,32,34-43H2,1-5H3/p+1/b10-8+,11-9+,16-14+,17-15+,20-19+,23-22+,26-25+,30-29+,33-31+. The number of ether oxygens (including phenoxy) is 3. The van der Waals surface area contributed by atoms with Gasteiger partial charge >= 0.3 is 17.9 Å². The van der Waals surface area contributed by atoms with Gasteiger partial charge in [0, 0.05) is 19.3 Å². The van der Waals surface area contributed by atoms with Crippen LogP contribution >= 0.6 is 0 Å². The highest BCUT2D eigenvalue weighted by Crippen LogP contribution is 2.11. The van der Waals surface area contributed by atoms with Crippen LogP contribution in [0.15, 0.2) is 109 Å². The predicted octanol–water partition coefficient (Wildman–Crippen LogP) is 11.3. The third-order valence-electron chi connectivity index (χ3n) is 8.42. The Hall–Kier alpha value is -4.01. The van der Waals surface area contributed by atoms with E-state index in [0.29, 0.717) is 19.3 Å². The molecule has 2 unspecified atom stereocenters. The molecule has 0 radical (unpaired) electrons. The molecule has 0 aliphatic heterocycles. The lowest BCUT2D eigenvalue weighted by Gasteiger charge is -2.31. The molecule has 0 aliphatic rings. The minimum Gasteiger partial charge on any atom is -0.477 e. The smallest absolute Gasteiger partial charge is 0.362 e. The zero-order chi connectivity index (χ0) is 41.4. The van der Waals surface area contributed by atoms with Crippen molar-refractivity contribution in [1.29, 1.82) is 0 Å². The lowest BCUT2D eigenvalue weighted by molar-refractivity contribution is -0.887. The molecule has 0 spiro atoms. The van der Waals surface area contributed by atoms with Crippen molar-refractivity contribution in [3.63, 3.8) is 0 Å². The van der Waals surface area contributed by atoms with Gasteiger partial charge in [-0.05, 0) is 89.9 Å². The number of esters is 2. The van der Waals surface area contributed by atoms with Gasteiger partial charge in [0.2, 0.25) is 0 Å². The van der Waals surface area contributed by atoms with Gasteiger partial charge in [-0.3, -0.25) is 9.59 Å². The van der Waals surface area contributed by atoms with Gasteiger partial charge in [0.05, 0.1) is 34.4 Å². The normalized spacial score (nSPS) is 14.1. The monoisotopic (exact) mass is 779 g/mol. The Morgan fingerprint density at radius 1 is 0.536 bits per heavy atom. The summed E-state index contributed by atoms with van der Waals surface area (Å²) >= 11 is 0. The van der Waals surface area contributed by atoms with Crippen LogP contribution in [0.4, 0.5) is 0 Å². The number of allylic oxidation sites excluding steroid dienone is 18. The van der Waals surface area contributed by atoms with Crippen molar-refractivity contribution in [3.8, 4) is 0 Å². The first-order valence-electron chi connectivity index (χ1n) is 20.9. The van der Waals surface area contributed by atoms with Crippen molar-refractivity contribution in [2.75, 3.05) is 41.0 Å². The maximum absolute atomic E-state index is 12.6. The molecular weight excluding hydrogens is 703 g/mol. The fraction of sp³-hybridized carbons (Fsp3) is 0.562. The van der Waals surface area contributed by atoms with E-state index >= 15 is 0 Å². The van der Waals surface area contributed by atoms with Gasteiger partial charge in [-0.2, -0.15) is 0 Å². The number of unbranched alkanes of at least 4 members (excludes halogenated alkanes) is 3. The summed E-state index contributed by atoms with van der Waals surface area (Å²) in [5, 5.41) is 9.60. The van der Waals surface area contributed by atoms with Crippen LogP contribution in [0, 0.1) is 0 Å². The maximum atomic E-state index is 12.6. The average molecular weight is 779 g/mol. The first kappa shape index (κ1) is 52.0. The van der Waals surface area contributed by atoms with E-state index in [1.165, 1.54) is 0 Å². The topological polar surface area (TPSA) is 99.1 Å². The average Bonchev–Trinajstić information content (AvgIpc) is 3.15. The van der Waals surface area contributed by atoms with Crippen molar-refractivity contribution in [1.82, 2.24) is 0 Å². The Kier molecular flexibility index (Phi) is 35.2.